The van der Waals surface area contributed by atoms with Crippen molar-refractivity contribution in [1.29, 1.82) is 0 Å². The molecule has 3 rings (SSSR count). The van der Waals surface area contributed by atoms with E-state index in [0.29, 0.717) is 18.2 Å². The van der Waals surface area contributed by atoms with Crippen LogP contribution in [-0.2, 0) is 6.61 Å². The van der Waals surface area contributed by atoms with Crippen molar-refractivity contribution in [3.05, 3.63) is 64.2 Å². The van der Waals surface area contributed by atoms with Gasteiger partial charge in [0.2, 0.25) is 0 Å². The summed E-state index contributed by atoms with van der Waals surface area (Å²) in [6.07, 6.45) is 4.62. The molecule has 0 heterocycles. The Morgan fingerprint density at radius 2 is 1.88 bits per heavy atom. The molecule has 3 nitrogen and oxygen atoms in total. The number of hydrogen-bond acceptors (Lipinski definition) is 2. The highest BCUT2D eigenvalue weighted by Crippen LogP contribution is 2.22. The fourth-order valence-corrected chi connectivity index (χ4v) is 3.08. The second kappa shape index (κ2) is 7.71. The van der Waals surface area contributed by atoms with E-state index in [2.05, 4.69) is 5.32 Å². The van der Waals surface area contributed by atoms with Crippen molar-refractivity contribution in [2.45, 2.75) is 45.3 Å². The van der Waals surface area contributed by atoms with Crippen LogP contribution in [0.2, 0.25) is 5.02 Å². The molecule has 0 aliphatic heterocycles. The second-order valence-electron chi connectivity index (χ2n) is 6.35. The number of ether oxygens (including phenoxy) is 1. The van der Waals surface area contributed by atoms with Gasteiger partial charge in [-0.15, -0.1) is 0 Å². The third-order valence-corrected chi connectivity index (χ3v) is 4.87. The average Bonchev–Trinajstić information content (AvgIpc) is 3.09. The van der Waals surface area contributed by atoms with Crippen LogP contribution in [0.4, 0.5) is 0 Å². The van der Waals surface area contributed by atoms with Gasteiger partial charge in [0.25, 0.3) is 5.91 Å². The first-order chi connectivity index (χ1) is 11.6. The maximum atomic E-state index is 12.2. The van der Waals surface area contributed by atoms with Gasteiger partial charge in [0.15, 0.2) is 0 Å². The van der Waals surface area contributed by atoms with E-state index in [-0.39, 0.29) is 5.91 Å². The predicted octanol–water partition coefficient (Wildman–Crippen LogP) is 4.90. The van der Waals surface area contributed by atoms with Crippen LogP contribution >= 0.6 is 11.6 Å². The molecule has 1 saturated carbocycles. The Morgan fingerprint density at radius 3 is 2.54 bits per heavy atom. The first-order valence-corrected chi connectivity index (χ1v) is 8.78. The molecule has 1 fully saturated rings. The standard InChI is InChI=1S/C20H22ClNO2/c1-14-12-18(10-11-19(14)21)24-13-15-6-8-16(9-7-15)20(23)22-17-4-2-3-5-17/h6-12,17H,2-5,13H2,1H3,(H,22,23). The van der Waals surface area contributed by atoms with Gasteiger partial charge in [0, 0.05) is 16.6 Å². The molecule has 1 N–H and O–H groups in total. The summed E-state index contributed by atoms with van der Waals surface area (Å²) in [5.41, 5.74) is 2.72. The molecule has 0 radical (unpaired) electrons. The molecule has 2 aromatic rings. The van der Waals surface area contributed by atoms with Crippen molar-refractivity contribution in [3.8, 4) is 5.75 Å². The Labute approximate surface area is 148 Å². The fraction of sp³-hybridized carbons (Fsp3) is 0.350. The SMILES string of the molecule is Cc1cc(OCc2ccc(C(=O)NC3CCCC3)cc2)ccc1Cl. The summed E-state index contributed by atoms with van der Waals surface area (Å²) in [7, 11) is 0. The number of aryl methyl sites for hydroxylation is 1. The zero-order valence-corrected chi connectivity index (χ0v) is 14.6. The smallest absolute Gasteiger partial charge is 0.251 e. The van der Waals surface area contributed by atoms with Crippen LogP contribution in [0, 0.1) is 6.92 Å². The van der Waals surface area contributed by atoms with Crippen molar-refractivity contribution in [2.24, 2.45) is 0 Å². The van der Waals surface area contributed by atoms with E-state index >= 15 is 0 Å². The minimum absolute atomic E-state index is 0.0164. The van der Waals surface area contributed by atoms with Gasteiger partial charge in [-0.2, -0.15) is 0 Å². The predicted molar refractivity (Wildman–Crippen MR) is 96.7 cm³/mol. The molecule has 0 bridgehead atoms. The lowest BCUT2D eigenvalue weighted by molar-refractivity contribution is 0.0938. The molecule has 0 saturated heterocycles. The largest absolute Gasteiger partial charge is 0.489 e. The van der Waals surface area contributed by atoms with E-state index in [1.807, 2.05) is 49.4 Å². The Bertz CT molecular complexity index is 706. The molecular weight excluding hydrogens is 322 g/mol. The molecular formula is C20H22ClNO2. The number of benzene rings is 2. The third-order valence-electron chi connectivity index (χ3n) is 4.44. The summed E-state index contributed by atoms with van der Waals surface area (Å²) in [5.74, 6) is 0.808. The maximum Gasteiger partial charge on any atom is 0.251 e. The Balaban J connectivity index is 1.55. The molecule has 0 unspecified atom stereocenters. The average molecular weight is 344 g/mol. The quantitative estimate of drug-likeness (QED) is 0.838. The van der Waals surface area contributed by atoms with Crippen molar-refractivity contribution in [2.75, 3.05) is 0 Å². The summed E-state index contributed by atoms with van der Waals surface area (Å²) in [6.45, 7) is 2.42. The molecule has 1 aliphatic carbocycles. The number of carbonyl (C=O) groups is 1. The first-order valence-electron chi connectivity index (χ1n) is 8.40. The van der Waals surface area contributed by atoms with Gasteiger partial charge in [-0.05, 0) is 61.2 Å². The van der Waals surface area contributed by atoms with Crippen LogP contribution in [0.1, 0.15) is 47.2 Å². The zero-order chi connectivity index (χ0) is 16.9. The van der Waals surface area contributed by atoms with Crippen LogP contribution in [0.25, 0.3) is 0 Å². The maximum absolute atomic E-state index is 12.2. The highest BCUT2D eigenvalue weighted by Gasteiger charge is 2.17. The van der Waals surface area contributed by atoms with E-state index in [4.69, 9.17) is 16.3 Å². The highest BCUT2D eigenvalue weighted by molar-refractivity contribution is 6.31. The number of carbonyl (C=O) groups excluding carboxylic acids is 1. The molecule has 0 aromatic heterocycles. The molecule has 2 aromatic carbocycles. The Morgan fingerprint density at radius 1 is 1.17 bits per heavy atom. The van der Waals surface area contributed by atoms with Crippen LogP contribution in [-0.4, -0.2) is 11.9 Å². The molecule has 24 heavy (non-hydrogen) atoms. The van der Waals surface area contributed by atoms with E-state index < -0.39 is 0 Å². The number of halogens is 1. The van der Waals surface area contributed by atoms with Crippen molar-refractivity contribution < 1.29 is 9.53 Å². The van der Waals surface area contributed by atoms with Gasteiger partial charge in [-0.3, -0.25) is 4.79 Å². The van der Waals surface area contributed by atoms with E-state index in [9.17, 15) is 4.79 Å². The van der Waals surface area contributed by atoms with Crippen molar-refractivity contribution in [1.82, 2.24) is 5.32 Å². The van der Waals surface area contributed by atoms with Crippen molar-refractivity contribution in [3.63, 3.8) is 0 Å². The van der Waals surface area contributed by atoms with Crippen LogP contribution in [0.5, 0.6) is 5.75 Å². The monoisotopic (exact) mass is 343 g/mol. The van der Waals surface area contributed by atoms with E-state index in [1.165, 1.54) is 12.8 Å². The summed E-state index contributed by atoms with van der Waals surface area (Å²) in [6, 6.07) is 13.5. The third kappa shape index (κ3) is 4.30. The van der Waals surface area contributed by atoms with Gasteiger partial charge < -0.3 is 10.1 Å². The first kappa shape index (κ1) is 16.8. The Hall–Kier alpha value is -2.00. The molecule has 1 aliphatic rings. The molecule has 0 atom stereocenters. The lowest BCUT2D eigenvalue weighted by Crippen LogP contribution is -2.32. The topological polar surface area (TPSA) is 38.3 Å². The van der Waals surface area contributed by atoms with Gasteiger partial charge in [0.05, 0.1) is 0 Å². The molecule has 4 heteroatoms. The minimum atomic E-state index is 0.0164. The van der Waals surface area contributed by atoms with Crippen LogP contribution in [0.15, 0.2) is 42.5 Å². The fourth-order valence-electron chi connectivity index (χ4n) is 2.96. The van der Waals surface area contributed by atoms with Gasteiger partial charge in [-0.1, -0.05) is 36.6 Å². The summed E-state index contributed by atoms with van der Waals surface area (Å²) in [4.78, 5) is 12.2. The number of hydrogen-bond donors (Lipinski definition) is 1. The summed E-state index contributed by atoms with van der Waals surface area (Å²) >= 11 is 6.01. The van der Waals surface area contributed by atoms with Crippen LogP contribution in [0.3, 0.4) is 0 Å². The lowest BCUT2D eigenvalue weighted by atomic mass is 10.1. The van der Waals surface area contributed by atoms with Gasteiger partial charge in [0.1, 0.15) is 12.4 Å². The summed E-state index contributed by atoms with van der Waals surface area (Å²) < 4.78 is 5.78. The number of amides is 1. The van der Waals surface area contributed by atoms with Gasteiger partial charge in [-0.25, -0.2) is 0 Å². The molecule has 1 amide bonds. The van der Waals surface area contributed by atoms with E-state index in [1.54, 1.807) is 0 Å². The normalized spacial score (nSPS) is 14.6. The molecule has 0 spiro atoms. The molecule has 126 valence electrons. The minimum Gasteiger partial charge on any atom is -0.489 e. The van der Waals surface area contributed by atoms with Gasteiger partial charge >= 0.3 is 0 Å². The second-order valence-corrected chi connectivity index (χ2v) is 6.76. The van der Waals surface area contributed by atoms with E-state index in [0.717, 1.165) is 34.7 Å². The van der Waals surface area contributed by atoms with Crippen molar-refractivity contribution >= 4 is 17.5 Å². The summed E-state index contributed by atoms with van der Waals surface area (Å²) in [5, 5.41) is 3.84. The zero-order valence-electron chi connectivity index (χ0n) is 13.8. The number of nitrogens with one attached hydrogen (secondary N) is 1. The lowest BCUT2D eigenvalue weighted by Gasteiger charge is -2.12. The van der Waals surface area contributed by atoms with Crippen LogP contribution < -0.4 is 10.1 Å². The number of rotatable bonds is 5. The highest BCUT2D eigenvalue weighted by atomic mass is 35.5. The Kier molecular flexibility index (Phi) is 5.41.